The molecule has 0 aliphatic carbocycles. The van der Waals surface area contributed by atoms with Crippen LogP contribution in [0.1, 0.15) is 49.3 Å². The van der Waals surface area contributed by atoms with Crippen molar-refractivity contribution in [1.82, 2.24) is 9.97 Å². The molecule has 0 aliphatic heterocycles. The van der Waals surface area contributed by atoms with Crippen molar-refractivity contribution >= 4 is 5.78 Å². The summed E-state index contributed by atoms with van der Waals surface area (Å²) in [6.07, 6.45) is 3.90. The fourth-order valence-electron chi connectivity index (χ4n) is 0.938. The van der Waals surface area contributed by atoms with Crippen molar-refractivity contribution in [1.29, 1.82) is 0 Å². The van der Waals surface area contributed by atoms with E-state index in [1.54, 1.807) is 12.4 Å². The van der Waals surface area contributed by atoms with Gasteiger partial charge in [0, 0.05) is 18.8 Å². The maximum atomic E-state index is 11.2. The van der Waals surface area contributed by atoms with Crippen LogP contribution >= 0.6 is 0 Å². The first-order valence-corrected chi connectivity index (χ1v) is 4.50. The minimum absolute atomic E-state index is 0.00435. The summed E-state index contributed by atoms with van der Waals surface area (Å²) in [6.45, 7) is 5.95. The third kappa shape index (κ3) is 2.34. The largest absolute Gasteiger partial charge is 0.291 e. The van der Waals surface area contributed by atoms with E-state index in [-0.39, 0.29) is 5.78 Å². The Morgan fingerprint density at radius 1 is 1.38 bits per heavy atom. The van der Waals surface area contributed by atoms with Gasteiger partial charge in [0.05, 0.1) is 0 Å². The summed E-state index contributed by atoms with van der Waals surface area (Å²) < 4.78 is 0. The highest BCUT2D eigenvalue weighted by Gasteiger charge is 2.06. The molecule has 0 unspecified atom stereocenters. The topological polar surface area (TPSA) is 42.9 Å². The highest BCUT2D eigenvalue weighted by atomic mass is 16.1. The number of ketones is 1. The predicted molar refractivity (Wildman–Crippen MR) is 50.7 cm³/mol. The molecule has 0 spiro atoms. The monoisotopic (exact) mass is 178 g/mol. The molecule has 0 saturated heterocycles. The minimum Gasteiger partial charge on any atom is -0.291 e. The molecule has 0 radical (unpaired) electrons. The molecule has 0 fully saturated rings. The fourth-order valence-corrected chi connectivity index (χ4v) is 0.938. The van der Waals surface area contributed by atoms with Gasteiger partial charge >= 0.3 is 0 Å². The van der Waals surface area contributed by atoms with E-state index in [0.717, 1.165) is 5.56 Å². The normalized spacial score (nSPS) is 10.5. The number of carbonyl (C=O) groups excluding carboxylic acids is 1. The van der Waals surface area contributed by atoms with Crippen molar-refractivity contribution in [2.24, 2.45) is 0 Å². The molecule has 0 atom stereocenters. The molecule has 1 rings (SSSR count). The van der Waals surface area contributed by atoms with Gasteiger partial charge in [-0.2, -0.15) is 0 Å². The van der Waals surface area contributed by atoms with Crippen molar-refractivity contribution in [3.63, 3.8) is 0 Å². The first-order valence-electron chi connectivity index (χ1n) is 4.50. The summed E-state index contributed by atoms with van der Waals surface area (Å²) in [4.78, 5) is 19.2. The van der Waals surface area contributed by atoms with Crippen LogP contribution in [0.4, 0.5) is 0 Å². The molecule has 70 valence electrons. The van der Waals surface area contributed by atoms with E-state index in [9.17, 15) is 4.79 Å². The molecule has 3 heteroatoms. The first-order chi connectivity index (χ1) is 6.15. The fraction of sp³-hybridized carbons (Fsp3) is 0.500. The summed E-state index contributed by atoms with van der Waals surface area (Å²) in [5.74, 6) is 0.730. The molecule has 3 nitrogen and oxygen atoms in total. The van der Waals surface area contributed by atoms with Crippen LogP contribution in [0.25, 0.3) is 0 Å². The SMILES string of the molecule is CCC(=O)c1ncc(C(C)C)cn1. The number of rotatable bonds is 3. The second kappa shape index (κ2) is 4.12. The van der Waals surface area contributed by atoms with Gasteiger partial charge in [-0.3, -0.25) is 4.79 Å². The summed E-state index contributed by atoms with van der Waals surface area (Å²) in [7, 11) is 0. The highest BCUT2D eigenvalue weighted by molar-refractivity contribution is 5.92. The summed E-state index contributed by atoms with van der Waals surface area (Å²) in [6, 6.07) is 0. The molecular formula is C10H14N2O. The second-order valence-electron chi connectivity index (χ2n) is 3.27. The molecular weight excluding hydrogens is 164 g/mol. The van der Waals surface area contributed by atoms with E-state index in [1.165, 1.54) is 0 Å². The van der Waals surface area contributed by atoms with E-state index in [2.05, 4.69) is 23.8 Å². The van der Waals surface area contributed by atoms with Gasteiger partial charge in [-0.15, -0.1) is 0 Å². The van der Waals surface area contributed by atoms with Gasteiger partial charge in [0.2, 0.25) is 0 Å². The molecule has 0 bridgehead atoms. The molecule has 1 heterocycles. The van der Waals surface area contributed by atoms with E-state index in [1.807, 2.05) is 6.92 Å². The average Bonchev–Trinajstić information content (AvgIpc) is 2.17. The van der Waals surface area contributed by atoms with Crippen LogP contribution < -0.4 is 0 Å². The van der Waals surface area contributed by atoms with Crippen molar-refractivity contribution in [3.8, 4) is 0 Å². The smallest absolute Gasteiger partial charge is 0.199 e. The Kier molecular flexibility index (Phi) is 3.12. The second-order valence-corrected chi connectivity index (χ2v) is 3.27. The summed E-state index contributed by atoms with van der Waals surface area (Å²) in [5.41, 5.74) is 1.06. The molecule has 0 saturated carbocycles. The number of hydrogen-bond donors (Lipinski definition) is 0. The molecule has 1 aromatic heterocycles. The van der Waals surface area contributed by atoms with Crippen molar-refractivity contribution in [3.05, 3.63) is 23.8 Å². The lowest BCUT2D eigenvalue weighted by atomic mass is 10.1. The minimum atomic E-state index is -0.00435. The maximum absolute atomic E-state index is 11.2. The number of nitrogens with zero attached hydrogens (tertiary/aromatic N) is 2. The zero-order chi connectivity index (χ0) is 9.84. The van der Waals surface area contributed by atoms with Crippen LogP contribution in [-0.4, -0.2) is 15.8 Å². The van der Waals surface area contributed by atoms with E-state index in [4.69, 9.17) is 0 Å². The molecule has 0 amide bonds. The zero-order valence-electron chi connectivity index (χ0n) is 8.24. The maximum Gasteiger partial charge on any atom is 0.199 e. The lowest BCUT2D eigenvalue weighted by Gasteiger charge is -2.03. The van der Waals surface area contributed by atoms with Crippen molar-refractivity contribution in [2.75, 3.05) is 0 Å². The van der Waals surface area contributed by atoms with Gasteiger partial charge in [-0.05, 0) is 11.5 Å². The standard InChI is InChI=1S/C10H14N2O/c1-4-9(13)10-11-5-8(6-12-10)7(2)3/h5-7H,4H2,1-3H3. The Labute approximate surface area is 78.2 Å². The van der Waals surface area contributed by atoms with E-state index < -0.39 is 0 Å². The van der Waals surface area contributed by atoms with Gasteiger partial charge in [-0.25, -0.2) is 9.97 Å². The Balaban J connectivity index is 2.87. The van der Waals surface area contributed by atoms with Crippen LogP contribution in [0.3, 0.4) is 0 Å². The molecule has 0 aliphatic rings. The summed E-state index contributed by atoms with van der Waals surface area (Å²) >= 11 is 0. The lowest BCUT2D eigenvalue weighted by molar-refractivity contribution is 0.0978. The Hall–Kier alpha value is -1.25. The van der Waals surface area contributed by atoms with Gasteiger partial charge in [-0.1, -0.05) is 20.8 Å². The van der Waals surface area contributed by atoms with Gasteiger partial charge in [0.1, 0.15) is 0 Å². The van der Waals surface area contributed by atoms with E-state index in [0.29, 0.717) is 18.2 Å². The Bertz CT molecular complexity index is 290. The van der Waals surface area contributed by atoms with Crippen molar-refractivity contribution in [2.45, 2.75) is 33.1 Å². The number of aromatic nitrogens is 2. The van der Waals surface area contributed by atoms with Crippen LogP contribution in [0.15, 0.2) is 12.4 Å². The third-order valence-corrected chi connectivity index (χ3v) is 1.91. The average molecular weight is 178 g/mol. The lowest BCUT2D eigenvalue weighted by Crippen LogP contribution is -2.04. The Morgan fingerprint density at radius 2 is 1.92 bits per heavy atom. The number of carbonyl (C=O) groups is 1. The molecule has 0 N–H and O–H groups in total. The quantitative estimate of drug-likeness (QED) is 0.666. The predicted octanol–water partition coefficient (Wildman–Crippen LogP) is 2.19. The zero-order valence-corrected chi connectivity index (χ0v) is 8.24. The van der Waals surface area contributed by atoms with Gasteiger partial charge in [0.25, 0.3) is 0 Å². The van der Waals surface area contributed by atoms with Gasteiger partial charge in [0.15, 0.2) is 11.6 Å². The molecule has 0 aromatic carbocycles. The highest BCUT2D eigenvalue weighted by Crippen LogP contribution is 2.11. The van der Waals surface area contributed by atoms with Crippen LogP contribution in [0, 0.1) is 0 Å². The number of Topliss-reactive ketones (excluding diaryl/α,β-unsaturated/α-hetero) is 1. The van der Waals surface area contributed by atoms with E-state index >= 15 is 0 Å². The Morgan fingerprint density at radius 3 is 2.31 bits per heavy atom. The first kappa shape index (κ1) is 9.84. The molecule has 1 aromatic rings. The number of hydrogen-bond acceptors (Lipinski definition) is 3. The van der Waals surface area contributed by atoms with Crippen LogP contribution in [0.5, 0.6) is 0 Å². The third-order valence-electron chi connectivity index (χ3n) is 1.91. The van der Waals surface area contributed by atoms with Crippen molar-refractivity contribution < 1.29 is 4.79 Å². The van der Waals surface area contributed by atoms with Crippen LogP contribution in [-0.2, 0) is 0 Å². The van der Waals surface area contributed by atoms with Gasteiger partial charge < -0.3 is 0 Å². The van der Waals surface area contributed by atoms with Crippen LogP contribution in [0.2, 0.25) is 0 Å². The molecule has 13 heavy (non-hydrogen) atoms. The summed E-state index contributed by atoms with van der Waals surface area (Å²) in [5, 5.41) is 0.